The van der Waals surface area contributed by atoms with Crippen LogP contribution in [0, 0.1) is 0 Å². The third kappa shape index (κ3) is 11.3. The summed E-state index contributed by atoms with van der Waals surface area (Å²) >= 11 is 0. The minimum Gasteiger partial charge on any atom is -0.478 e. The minimum atomic E-state index is -1.25. The summed E-state index contributed by atoms with van der Waals surface area (Å²) in [5, 5.41) is 9.22. The van der Waals surface area contributed by atoms with Gasteiger partial charge >= 0.3 is 5.97 Å². The van der Waals surface area contributed by atoms with Gasteiger partial charge in [-0.2, -0.15) is 0 Å². The van der Waals surface area contributed by atoms with E-state index in [0.717, 1.165) is 37.1 Å². The molecule has 0 aliphatic heterocycles. The zero-order valence-corrected chi connectivity index (χ0v) is 24.5. The summed E-state index contributed by atoms with van der Waals surface area (Å²) in [4.78, 5) is 18.5. The molecule has 5 nitrogen and oxygen atoms in total. The maximum absolute atomic E-state index is 11.2. The van der Waals surface area contributed by atoms with Crippen molar-refractivity contribution in [3.05, 3.63) is 70.9 Å². The normalized spacial score (nSPS) is 13.1. The lowest BCUT2D eigenvalue weighted by molar-refractivity contribution is -0.152. The largest absolute Gasteiger partial charge is 0.478 e. The number of aliphatic imine (C=N–C) groups is 1. The van der Waals surface area contributed by atoms with Crippen LogP contribution in [0.5, 0.6) is 5.75 Å². The highest BCUT2D eigenvalue weighted by Gasteiger charge is 2.29. The van der Waals surface area contributed by atoms with Crippen molar-refractivity contribution in [3.63, 3.8) is 0 Å². The van der Waals surface area contributed by atoms with Crippen molar-refractivity contribution in [3.8, 4) is 5.75 Å². The predicted octanol–water partition coefficient (Wildman–Crippen LogP) is 7.68. The standard InChI is InChI=1S/C29H40N2O3.C3H8/c1-8-24-14-9-10-15-25(24)20-27(22(3)31(6)7)30-21(2)12-11-13-23-16-18-26(19-17-23)34-29(4,5)28(32)33;1-3-2/h9-10,14-20,22H,8,11-13H2,1-7H3,(H,32,33);3H2,1-2H3/b27-20+,30-21?;. The smallest absolute Gasteiger partial charge is 0.347 e. The number of rotatable bonds is 12. The van der Waals surface area contributed by atoms with Crippen LogP contribution in [-0.4, -0.2) is 47.4 Å². The summed E-state index contributed by atoms with van der Waals surface area (Å²) < 4.78 is 5.58. The second kappa shape index (κ2) is 16.0. The van der Waals surface area contributed by atoms with Crippen LogP contribution >= 0.6 is 0 Å². The van der Waals surface area contributed by atoms with Crippen LogP contribution < -0.4 is 4.74 Å². The van der Waals surface area contributed by atoms with Crippen molar-refractivity contribution in [2.24, 2.45) is 4.99 Å². The Bertz CT molecular complexity index is 1020. The van der Waals surface area contributed by atoms with Gasteiger partial charge < -0.3 is 14.7 Å². The quantitative estimate of drug-likeness (QED) is 0.299. The first-order valence-electron chi connectivity index (χ1n) is 13.5. The molecule has 1 N–H and O–H groups in total. The number of carboxylic acid groups (broad SMARTS) is 1. The summed E-state index contributed by atoms with van der Waals surface area (Å²) in [6, 6.07) is 16.4. The molecule has 0 fully saturated rings. The van der Waals surface area contributed by atoms with E-state index in [0.29, 0.717) is 5.75 Å². The molecule has 2 aromatic rings. The molecule has 0 aromatic heterocycles. The molecule has 0 spiro atoms. The van der Waals surface area contributed by atoms with Crippen LogP contribution in [0.1, 0.15) is 84.4 Å². The second-order valence-electron chi connectivity index (χ2n) is 10.2. The van der Waals surface area contributed by atoms with Gasteiger partial charge in [0.2, 0.25) is 0 Å². The average Bonchev–Trinajstić information content (AvgIpc) is 2.84. The predicted molar refractivity (Wildman–Crippen MR) is 158 cm³/mol. The van der Waals surface area contributed by atoms with E-state index in [4.69, 9.17) is 9.73 Å². The zero-order chi connectivity index (χ0) is 28.0. The van der Waals surface area contributed by atoms with Gasteiger partial charge in [0.1, 0.15) is 5.75 Å². The van der Waals surface area contributed by atoms with E-state index < -0.39 is 11.6 Å². The highest BCUT2D eigenvalue weighted by molar-refractivity contribution is 5.83. The number of hydrogen-bond donors (Lipinski definition) is 1. The first kappa shape index (κ1) is 32.1. The number of aliphatic carboxylic acids is 1. The Morgan fingerprint density at radius 1 is 1.08 bits per heavy atom. The molecule has 0 radical (unpaired) electrons. The van der Waals surface area contributed by atoms with E-state index in [-0.39, 0.29) is 6.04 Å². The van der Waals surface area contributed by atoms with E-state index in [1.54, 1.807) is 13.8 Å². The van der Waals surface area contributed by atoms with Crippen LogP contribution in [0.15, 0.2) is 59.2 Å². The molecule has 5 heteroatoms. The molecule has 0 heterocycles. The minimum absolute atomic E-state index is 0.211. The molecule has 0 aliphatic carbocycles. The molecular weight excluding hydrogens is 460 g/mol. The highest BCUT2D eigenvalue weighted by atomic mass is 16.5. The van der Waals surface area contributed by atoms with Gasteiger partial charge in [-0.25, -0.2) is 4.79 Å². The number of benzene rings is 2. The number of carboxylic acids is 1. The SMILES string of the molecule is CCC.CCc1ccccc1/C=C(/N=C(C)CCCc1ccc(OC(C)(C)C(=O)O)cc1)C(C)N(C)C. The Balaban J connectivity index is 0.00000217. The lowest BCUT2D eigenvalue weighted by Gasteiger charge is -2.21. The van der Waals surface area contributed by atoms with Gasteiger partial charge in [-0.3, -0.25) is 4.99 Å². The molecule has 2 rings (SSSR count). The van der Waals surface area contributed by atoms with Crippen LogP contribution in [0.4, 0.5) is 0 Å². The van der Waals surface area contributed by atoms with Crippen molar-refractivity contribution in [2.75, 3.05) is 14.1 Å². The van der Waals surface area contributed by atoms with Gasteiger partial charge in [0.15, 0.2) is 5.60 Å². The molecule has 0 bridgehead atoms. The molecule has 0 amide bonds. The number of aryl methyl sites for hydroxylation is 2. The number of nitrogens with zero attached hydrogens (tertiary/aromatic N) is 2. The van der Waals surface area contributed by atoms with Crippen molar-refractivity contribution in [1.82, 2.24) is 4.90 Å². The molecule has 2 aromatic carbocycles. The lowest BCUT2D eigenvalue weighted by atomic mass is 10.0. The van der Waals surface area contributed by atoms with E-state index in [2.05, 4.69) is 84.0 Å². The van der Waals surface area contributed by atoms with E-state index >= 15 is 0 Å². The molecule has 0 aliphatic rings. The molecule has 204 valence electrons. The third-order valence-electron chi connectivity index (χ3n) is 6.08. The highest BCUT2D eigenvalue weighted by Crippen LogP contribution is 2.21. The van der Waals surface area contributed by atoms with Crippen molar-refractivity contribution < 1.29 is 14.6 Å². The maximum atomic E-state index is 11.2. The van der Waals surface area contributed by atoms with Crippen LogP contribution in [0.2, 0.25) is 0 Å². The maximum Gasteiger partial charge on any atom is 0.347 e. The fourth-order valence-electron chi connectivity index (χ4n) is 3.55. The summed E-state index contributed by atoms with van der Waals surface area (Å²) in [5.74, 6) is -0.421. The summed E-state index contributed by atoms with van der Waals surface area (Å²) in [6.45, 7) is 13.8. The van der Waals surface area contributed by atoms with Gasteiger partial charge in [-0.1, -0.05) is 63.6 Å². The van der Waals surface area contributed by atoms with Gasteiger partial charge in [0.25, 0.3) is 0 Å². The van der Waals surface area contributed by atoms with Crippen LogP contribution in [-0.2, 0) is 17.6 Å². The molecule has 0 saturated carbocycles. The third-order valence-corrected chi connectivity index (χ3v) is 6.08. The van der Waals surface area contributed by atoms with Gasteiger partial charge in [0.05, 0.1) is 5.70 Å². The van der Waals surface area contributed by atoms with E-state index in [9.17, 15) is 9.90 Å². The molecular formula is C32H48N2O3. The monoisotopic (exact) mass is 508 g/mol. The van der Waals surface area contributed by atoms with Crippen molar-refractivity contribution in [2.45, 2.75) is 92.2 Å². The average molecular weight is 509 g/mol. The Labute approximate surface area is 225 Å². The Kier molecular flexibility index (Phi) is 13.9. The topological polar surface area (TPSA) is 62.1 Å². The van der Waals surface area contributed by atoms with E-state index in [1.807, 2.05) is 24.3 Å². The van der Waals surface area contributed by atoms with Crippen molar-refractivity contribution in [1.29, 1.82) is 0 Å². The molecule has 1 atom stereocenters. The summed E-state index contributed by atoms with van der Waals surface area (Å²) in [6.07, 6.45) is 7.31. The Morgan fingerprint density at radius 3 is 2.22 bits per heavy atom. The Hall–Kier alpha value is -2.92. The molecule has 0 saturated heterocycles. The fourth-order valence-corrected chi connectivity index (χ4v) is 3.55. The van der Waals surface area contributed by atoms with Gasteiger partial charge in [-0.05, 0) is 102 Å². The first-order chi connectivity index (χ1) is 17.4. The number of ether oxygens (including phenoxy) is 1. The number of likely N-dealkylation sites (N-methyl/N-ethyl adjacent to an activating group) is 1. The van der Waals surface area contributed by atoms with Gasteiger partial charge in [-0.15, -0.1) is 0 Å². The second-order valence-corrected chi connectivity index (χ2v) is 10.2. The molecule has 1 unspecified atom stereocenters. The molecule has 37 heavy (non-hydrogen) atoms. The van der Waals surface area contributed by atoms with Gasteiger partial charge in [0, 0.05) is 11.8 Å². The number of carbonyl (C=O) groups is 1. The number of hydrogen-bond acceptors (Lipinski definition) is 4. The van der Waals surface area contributed by atoms with Crippen molar-refractivity contribution >= 4 is 17.8 Å². The summed E-state index contributed by atoms with van der Waals surface area (Å²) in [5.41, 5.74) is 4.71. The van der Waals surface area contributed by atoms with Crippen LogP contribution in [0.25, 0.3) is 6.08 Å². The van der Waals surface area contributed by atoms with E-state index in [1.165, 1.54) is 23.1 Å². The summed E-state index contributed by atoms with van der Waals surface area (Å²) in [7, 11) is 4.17. The van der Waals surface area contributed by atoms with Crippen LogP contribution in [0.3, 0.4) is 0 Å². The fraction of sp³-hybridized carbons (Fsp3) is 0.500. The Morgan fingerprint density at radius 2 is 1.68 bits per heavy atom. The first-order valence-corrected chi connectivity index (χ1v) is 13.5. The lowest BCUT2D eigenvalue weighted by Crippen LogP contribution is -2.37. The zero-order valence-electron chi connectivity index (χ0n) is 24.5.